The van der Waals surface area contributed by atoms with Gasteiger partial charge < -0.3 is 10.1 Å². The molecule has 0 heterocycles. The van der Waals surface area contributed by atoms with Crippen molar-refractivity contribution in [2.45, 2.75) is 18.0 Å². The number of amides is 1. The number of allylic oxidation sites excluding steroid dienone is 2. The van der Waals surface area contributed by atoms with Crippen molar-refractivity contribution in [1.29, 1.82) is 0 Å². The lowest BCUT2D eigenvalue weighted by Gasteiger charge is -2.31. The molecule has 72 valence electrons. The van der Waals surface area contributed by atoms with Gasteiger partial charge in [-0.25, -0.2) is 0 Å². The van der Waals surface area contributed by atoms with Crippen LogP contribution in [0.3, 0.4) is 0 Å². The summed E-state index contributed by atoms with van der Waals surface area (Å²) in [6, 6.07) is -0.318. The van der Waals surface area contributed by atoms with Gasteiger partial charge in [0.1, 0.15) is 0 Å². The topological polar surface area (TPSA) is 38.3 Å². The average Bonchev–Trinajstić information content (AvgIpc) is 2.09. The van der Waals surface area contributed by atoms with Crippen molar-refractivity contribution in [3.8, 4) is 0 Å². The maximum atomic E-state index is 10.8. The first-order chi connectivity index (χ1) is 6.08. The minimum absolute atomic E-state index is 0.132. The van der Waals surface area contributed by atoms with Crippen molar-refractivity contribution < 1.29 is 9.53 Å². The second-order valence-corrected chi connectivity index (χ2v) is 3.41. The molecule has 1 rings (SSSR count). The molecule has 0 aromatic heterocycles. The molecule has 1 aliphatic carbocycles. The maximum absolute atomic E-state index is 10.8. The van der Waals surface area contributed by atoms with E-state index >= 15 is 0 Å². The number of alkyl halides is 1. The Labute approximate surface area is 82.4 Å². The molecular weight excluding hydrogens is 190 g/mol. The van der Waals surface area contributed by atoms with E-state index < -0.39 is 5.06 Å². The molecule has 0 radical (unpaired) electrons. The molecule has 0 aromatic carbocycles. The number of halogens is 1. The van der Waals surface area contributed by atoms with Crippen molar-refractivity contribution >= 4 is 17.5 Å². The molecule has 0 aliphatic heterocycles. The van der Waals surface area contributed by atoms with Crippen LogP contribution >= 0.6 is 11.6 Å². The minimum Gasteiger partial charge on any atom is -0.357 e. The van der Waals surface area contributed by atoms with Crippen molar-refractivity contribution in [2.75, 3.05) is 7.11 Å². The smallest absolute Gasteiger partial charge is 0.217 e. The third-order valence-electron chi connectivity index (χ3n) is 1.83. The Kier molecular flexibility index (Phi) is 3.12. The van der Waals surface area contributed by atoms with Crippen LogP contribution in [0.5, 0.6) is 0 Å². The fourth-order valence-electron chi connectivity index (χ4n) is 1.16. The van der Waals surface area contributed by atoms with Gasteiger partial charge >= 0.3 is 0 Å². The molecule has 1 N–H and O–H groups in total. The van der Waals surface area contributed by atoms with E-state index in [9.17, 15) is 4.79 Å². The summed E-state index contributed by atoms with van der Waals surface area (Å²) >= 11 is 6.09. The molecular formula is C9H12ClNO2. The molecule has 2 unspecified atom stereocenters. The largest absolute Gasteiger partial charge is 0.357 e. The molecule has 0 bridgehead atoms. The second-order valence-electron chi connectivity index (χ2n) is 2.82. The van der Waals surface area contributed by atoms with Gasteiger partial charge in [-0.05, 0) is 6.08 Å². The van der Waals surface area contributed by atoms with Gasteiger partial charge in [0.2, 0.25) is 5.91 Å². The van der Waals surface area contributed by atoms with Gasteiger partial charge in [-0.15, -0.1) is 0 Å². The zero-order chi connectivity index (χ0) is 9.90. The first kappa shape index (κ1) is 10.3. The Morgan fingerprint density at radius 2 is 2.31 bits per heavy atom. The molecule has 4 heteroatoms. The highest BCUT2D eigenvalue weighted by atomic mass is 35.5. The van der Waals surface area contributed by atoms with Crippen molar-refractivity contribution in [3.63, 3.8) is 0 Å². The van der Waals surface area contributed by atoms with Gasteiger partial charge in [0, 0.05) is 14.0 Å². The van der Waals surface area contributed by atoms with Crippen molar-refractivity contribution in [2.24, 2.45) is 0 Å². The van der Waals surface area contributed by atoms with E-state index in [1.54, 1.807) is 18.2 Å². The summed E-state index contributed by atoms with van der Waals surface area (Å²) < 4.78 is 5.10. The highest BCUT2D eigenvalue weighted by molar-refractivity contribution is 6.25. The molecule has 13 heavy (non-hydrogen) atoms. The molecule has 0 saturated heterocycles. The summed E-state index contributed by atoms with van der Waals surface area (Å²) in [5.74, 6) is -0.132. The van der Waals surface area contributed by atoms with Crippen LogP contribution in [0.1, 0.15) is 6.92 Å². The summed E-state index contributed by atoms with van der Waals surface area (Å²) in [6.45, 7) is 1.44. The van der Waals surface area contributed by atoms with Gasteiger partial charge in [0.15, 0.2) is 5.06 Å². The van der Waals surface area contributed by atoms with Gasteiger partial charge in [0.25, 0.3) is 0 Å². The van der Waals surface area contributed by atoms with Crippen LogP contribution in [-0.4, -0.2) is 24.1 Å². The minimum atomic E-state index is -0.958. The van der Waals surface area contributed by atoms with Crippen LogP contribution in [0.15, 0.2) is 24.3 Å². The SMILES string of the molecule is COC1(Cl)C=CC=CC1NC(C)=O. The van der Waals surface area contributed by atoms with Crippen LogP contribution < -0.4 is 5.32 Å². The van der Waals surface area contributed by atoms with Crippen molar-refractivity contribution in [1.82, 2.24) is 5.32 Å². The van der Waals surface area contributed by atoms with E-state index in [4.69, 9.17) is 16.3 Å². The fraction of sp³-hybridized carbons (Fsp3) is 0.444. The highest BCUT2D eigenvalue weighted by Gasteiger charge is 2.34. The normalized spacial score (nSPS) is 31.8. The van der Waals surface area contributed by atoms with Crippen LogP contribution in [0.2, 0.25) is 0 Å². The van der Waals surface area contributed by atoms with Crippen LogP contribution in [0.4, 0.5) is 0 Å². The second kappa shape index (κ2) is 3.94. The monoisotopic (exact) mass is 201 g/mol. The quantitative estimate of drug-likeness (QED) is 0.682. The Morgan fingerprint density at radius 1 is 1.62 bits per heavy atom. The number of hydrogen-bond acceptors (Lipinski definition) is 2. The van der Waals surface area contributed by atoms with Gasteiger partial charge in [-0.3, -0.25) is 4.79 Å². The summed E-state index contributed by atoms with van der Waals surface area (Å²) in [6.07, 6.45) is 7.10. The number of ether oxygens (including phenoxy) is 1. The lowest BCUT2D eigenvalue weighted by molar-refractivity contribution is -0.120. The molecule has 1 aliphatic rings. The number of rotatable bonds is 2. The fourth-order valence-corrected chi connectivity index (χ4v) is 1.36. The predicted octanol–water partition coefficient (Wildman–Crippen LogP) is 1.20. The highest BCUT2D eigenvalue weighted by Crippen LogP contribution is 2.26. The molecule has 0 spiro atoms. The first-order valence-corrected chi connectivity index (χ1v) is 4.33. The molecule has 1 amide bonds. The zero-order valence-electron chi connectivity index (χ0n) is 7.58. The zero-order valence-corrected chi connectivity index (χ0v) is 8.34. The summed E-state index contributed by atoms with van der Waals surface area (Å²) in [7, 11) is 1.51. The lowest BCUT2D eigenvalue weighted by atomic mass is 10.1. The lowest BCUT2D eigenvalue weighted by Crippen LogP contribution is -2.48. The third kappa shape index (κ3) is 2.32. The van der Waals surface area contributed by atoms with Crippen molar-refractivity contribution in [3.05, 3.63) is 24.3 Å². The first-order valence-electron chi connectivity index (χ1n) is 3.95. The Morgan fingerprint density at radius 3 is 2.85 bits per heavy atom. The number of nitrogens with one attached hydrogen (secondary N) is 1. The standard InChI is InChI=1S/C9H12ClNO2/c1-7(12)11-8-5-3-4-6-9(8,10)13-2/h3-6,8H,1-2H3,(H,11,12). The molecule has 3 nitrogen and oxygen atoms in total. The van der Waals surface area contributed by atoms with Crippen LogP contribution in [0, 0.1) is 0 Å². The van der Waals surface area contributed by atoms with E-state index in [1.165, 1.54) is 14.0 Å². The molecule has 0 fully saturated rings. The Hall–Kier alpha value is -0.800. The van der Waals surface area contributed by atoms with Gasteiger partial charge in [0.05, 0.1) is 6.04 Å². The number of carbonyl (C=O) groups excluding carboxylic acids is 1. The van der Waals surface area contributed by atoms with Crippen LogP contribution in [0.25, 0.3) is 0 Å². The Balaban J connectivity index is 2.76. The third-order valence-corrected chi connectivity index (χ3v) is 2.35. The van der Waals surface area contributed by atoms with E-state index in [0.717, 1.165) is 0 Å². The summed E-state index contributed by atoms with van der Waals surface area (Å²) in [4.78, 5) is 10.8. The van der Waals surface area contributed by atoms with E-state index in [-0.39, 0.29) is 11.9 Å². The number of methoxy groups -OCH3 is 1. The van der Waals surface area contributed by atoms with Gasteiger partial charge in [-0.1, -0.05) is 29.8 Å². The van der Waals surface area contributed by atoms with E-state index in [0.29, 0.717) is 0 Å². The van der Waals surface area contributed by atoms with Crippen LogP contribution in [-0.2, 0) is 9.53 Å². The van der Waals surface area contributed by atoms with E-state index in [1.807, 2.05) is 6.08 Å². The predicted molar refractivity (Wildman–Crippen MR) is 51.5 cm³/mol. The molecule has 0 saturated carbocycles. The van der Waals surface area contributed by atoms with Gasteiger partial charge in [-0.2, -0.15) is 0 Å². The van der Waals surface area contributed by atoms with E-state index in [2.05, 4.69) is 5.32 Å². The number of hydrogen-bond donors (Lipinski definition) is 1. The molecule has 2 atom stereocenters. The maximum Gasteiger partial charge on any atom is 0.217 e. The summed E-state index contributed by atoms with van der Waals surface area (Å²) in [5, 5.41) is 1.73. The Bertz CT molecular complexity index is 262. The number of carbonyl (C=O) groups is 1. The molecule has 0 aromatic rings. The summed E-state index contributed by atoms with van der Waals surface area (Å²) in [5.41, 5.74) is 0. The average molecular weight is 202 g/mol.